The Hall–Kier alpha value is -3.03. The zero-order chi connectivity index (χ0) is 21.0. The van der Waals surface area contributed by atoms with Crippen LogP contribution in [0.15, 0.2) is 30.5 Å². The van der Waals surface area contributed by atoms with Crippen LogP contribution in [0, 0.1) is 17.2 Å². The Morgan fingerprint density at radius 3 is 2.83 bits per heavy atom. The lowest BCUT2D eigenvalue weighted by Gasteiger charge is -2.27. The minimum Gasteiger partial charge on any atom is -0.379 e. The fourth-order valence-electron chi connectivity index (χ4n) is 3.00. The van der Waals surface area contributed by atoms with Crippen molar-refractivity contribution < 1.29 is 23.4 Å². The number of alkyl halides is 2. The monoisotopic (exact) mass is 405 g/mol. The van der Waals surface area contributed by atoms with Gasteiger partial charge in [-0.3, -0.25) is 9.89 Å². The molecule has 0 radical (unpaired) electrons. The lowest BCUT2D eigenvalue weighted by atomic mass is 9.96. The molecule has 1 aliphatic heterocycles. The molecule has 0 saturated carbocycles. The van der Waals surface area contributed by atoms with Crippen LogP contribution in [-0.4, -0.2) is 46.9 Å². The van der Waals surface area contributed by atoms with Crippen molar-refractivity contribution in [2.45, 2.75) is 31.4 Å². The Morgan fingerprint density at radius 1 is 1.45 bits per heavy atom. The number of aromatic amines is 1. The van der Waals surface area contributed by atoms with Gasteiger partial charge in [0.1, 0.15) is 17.0 Å². The maximum Gasteiger partial charge on any atom is 0.270 e. The molecule has 2 heterocycles. The van der Waals surface area contributed by atoms with E-state index in [-0.39, 0.29) is 23.7 Å². The van der Waals surface area contributed by atoms with Gasteiger partial charge >= 0.3 is 0 Å². The molecule has 8 nitrogen and oxygen atoms in total. The van der Waals surface area contributed by atoms with Gasteiger partial charge in [-0.2, -0.15) is 10.4 Å². The number of ether oxygens (including phenoxy) is 1. The molecule has 1 aliphatic rings. The molecule has 3 unspecified atom stereocenters. The summed E-state index contributed by atoms with van der Waals surface area (Å²) in [6, 6.07) is 7.53. The number of nitrogens with one attached hydrogen (secondary N) is 3. The predicted octanol–water partition coefficient (Wildman–Crippen LogP) is 2.28. The summed E-state index contributed by atoms with van der Waals surface area (Å²) in [5.74, 6) is -0.443. The molecule has 1 fully saturated rings. The number of nitriles is 1. The third-order valence-electron chi connectivity index (χ3n) is 4.89. The van der Waals surface area contributed by atoms with E-state index in [2.05, 4.69) is 26.9 Å². The molecule has 0 aliphatic carbocycles. The fourth-order valence-corrected chi connectivity index (χ4v) is 3.00. The number of carbonyl (C=O) groups excluding carboxylic acids is 1. The normalized spacial score (nSPS) is 21.2. The summed E-state index contributed by atoms with van der Waals surface area (Å²) in [5.41, 5.74) is -1.44. The molecule has 3 rings (SSSR count). The standard InChI is InChI=1S/C19H21F2N5O3/c1-19(28,18(20)21)12-2-4-13(5-3-12)24-16-14(9-23-26-16)17(27)25-15-10-29-7-6-11(15)8-22/h2-5,9,11,15,18,28H,6-7,10H2,1H3,(H,25,27)(H2,23,24,26). The molecule has 154 valence electrons. The summed E-state index contributed by atoms with van der Waals surface area (Å²) in [7, 11) is 0. The van der Waals surface area contributed by atoms with E-state index in [1.54, 1.807) is 0 Å². The number of amides is 1. The molecule has 0 bridgehead atoms. The van der Waals surface area contributed by atoms with Crippen molar-refractivity contribution in [1.29, 1.82) is 5.26 Å². The Bertz CT molecular complexity index is 892. The van der Waals surface area contributed by atoms with Gasteiger partial charge in [-0.25, -0.2) is 8.78 Å². The van der Waals surface area contributed by atoms with Crippen LogP contribution in [0.4, 0.5) is 20.3 Å². The quantitative estimate of drug-likeness (QED) is 0.585. The van der Waals surface area contributed by atoms with Crippen molar-refractivity contribution in [2.75, 3.05) is 18.5 Å². The maximum absolute atomic E-state index is 12.9. The van der Waals surface area contributed by atoms with Crippen LogP contribution in [0.3, 0.4) is 0 Å². The first-order chi connectivity index (χ1) is 13.8. The van der Waals surface area contributed by atoms with Crippen LogP contribution in [0.25, 0.3) is 0 Å². The number of anilines is 2. The number of H-pyrrole nitrogens is 1. The second-order valence-electron chi connectivity index (χ2n) is 6.99. The van der Waals surface area contributed by atoms with Crippen LogP contribution in [0.2, 0.25) is 0 Å². The summed E-state index contributed by atoms with van der Waals surface area (Å²) in [4.78, 5) is 12.6. The van der Waals surface area contributed by atoms with Gasteiger partial charge < -0.3 is 20.5 Å². The second-order valence-corrected chi connectivity index (χ2v) is 6.99. The Balaban J connectivity index is 1.70. The maximum atomic E-state index is 12.9. The lowest BCUT2D eigenvalue weighted by Crippen LogP contribution is -2.46. The highest BCUT2D eigenvalue weighted by atomic mass is 19.3. The van der Waals surface area contributed by atoms with Crippen LogP contribution in [-0.2, 0) is 10.3 Å². The highest BCUT2D eigenvalue weighted by Crippen LogP contribution is 2.29. The molecule has 1 aromatic carbocycles. The number of halogens is 2. The molecule has 1 amide bonds. The summed E-state index contributed by atoms with van der Waals surface area (Å²) in [6.45, 7) is 1.79. The van der Waals surface area contributed by atoms with Crippen LogP contribution in [0.1, 0.15) is 29.3 Å². The van der Waals surface area contributed by atoms with E-state index in [0.717, 1.165) is 6.92 Å². The number of aliphatic hydroxyl groups is 1. The molecule has 0 spiro atoms. The molecule has 10 heteroatoms. The van der Waals surface area contributed by atoms with Gasteiger partial charge in [-0.05, 0) is 31.0 Å². The average molecular weight is 405 g/mol. The minimum absolute atomic E-state index is 0.0699. The molecular weight excluding hydrogens is 384 g/mol. The zero-order valence-electron chi connectivity index (χ0n) is 15.7. The summed E-state index contributed by atoms with van der Waals surface area (Å²) in [6.07, 6.45) is -1.03. The highest BCUT2D eigenvalue weighted by molar-refractivity contribution is 5.99. The number of rotatable bonds is 6. The molecule has 1 aromatic heterocycles. The smallest absolute Gasteiger partial charge is 0.270 e. The SMILES string of the molecule is CC(O)(c1ccc(Nc2[nH]ncc2C(=O)NC2COCCC2C#N)cc1)C(F)F. The van der Waals surface area contributed by atoms with Crippen molar-refractivity contribution in [3.8, 4) is 6.07 Å². The minimum atomic E-state index is -2.93. The summed E-state index contributed by atoms with van der Waals surface area (Å²) >= 11 is 0. The fraction of sp³-hybridized carbons (Fsp3) is 0.421. The second kappa shape index (κ2) is 8.55. The van der Waals surface area contributed by atoms with Gasteiger partial charge in [-0.15, -0.1) is 0 Å². The van der Waals surface area contributed by atoms with Gasteiger partial charge in [0.05, 0.1) is 30.8 Å². The van der Waals surface area contributed by atoms with E-state index in [1.165, 1.54) is 30.5 Å². The van der Waals surface area contributed by atoms with E-state index < -0.39 is 24.0 Å². The van der Waals surface area contributed by atoms with E-state index in [4.69, 9.17) is 4.74 Å². The van der Waals surface area contributed by atoms with Gasteiger partial charge in [0, 0.05) is 12.3 Å². The van der Waals surface area contributed by atoms with Crippen molar-refractivity contribution >= 4 is 17.4 Å². The van der Waals surface area contributed by atoms with E-state index in [9.17, 15) is 23.9 Å². The van der Waals surface area contributed by atoms with Crippen LogP contribution < -0.4 is 10.6 Å². The lowest BCUT2D eigenvalue weighted by molar-refractivity contribution is -0.0883. The third-order valence-corrected chi connectivity index (χ3v) is 4.89. The Morgan fingerprint density at radius 2 is 2.17 bits per heavy atom. The van der Waals surface area contributed by atoms with Gasteiger partial charge in [-0.1, -0.05) is 12.1 Å². The van der Waals surface area contributed by atoms with E-state index >= 15 is 0 Å². The number of nitrogens with zero attached hydrogens (tertiary/aromatic N) is 2. The molecule has 29 heavy (non-hydrogen) atoms. The molecular formula is C19H21F2N5O3. The highest BCUT2D eigenvalue weighted by Gasteiger charge is 2.34. The Labute approximate surface area is 165 Å². The van der Waals surface area contributed by atoms with E-state index in [0.29, 0.717) is 24.5 Å². The summed E-state index contributed by atoms with van der Waals surface area (Å²) in [5, 5.41) is 31.4. The van der Waals surface area contributed by atoms with E-state index in [1.807, 2.05) is 0 Å². The van der Waals surface area contributed by atoms with Gasteiger partial charge in [0.15, 0.2) is 0 Å². The third kappa shape index (κ3) is 4.52. The molecule has 4 N–H and O–H groups in total. The zero-order valence-corrected chi connectivity index (χ0v) is 15.7. The molecule has 3 atom stereocenters. The van der Waals surface area contributed by atoms with Crippen molar-refractivity contribution in [3.63, 3.8) is 0 Å². The van der Waals surface area contributed by atoms with Gasteiger partial charge in [0.25, 0.3) is 12.3 Å². The number of hydrogen-bond acceptors (Lipinski definition) is 6. The first-order valence-electron chi connectivity index (χ1n) is 9.02. The number of hydrogen-bond donors (Lipinski definition) is 4. The van der Waals surface area contributed by atoms with Crippen molar-refractivity contribution in [1.82, 2.24) is 15.5 Å². The molecule has 1 saturated heterocycles. The van der Waals surface area contributed by atoms with Crippen LogP contribution >= 0.6 is 0 Å². The van der Waals surface area contributed by atoms with Crippen molar-refractivity contribution in [3.05, 3.63) is 41.6 Å². The number of carbonyl (C=O) groups is 1. The molecule has 2 aromatic rings. The van der Waals surface area contributed by atoms with Gasteiger partial charge in [0.2, 0.25) is 0 Å². The number of benzene rings is 1. The topological polar surface area (TPSA) is 123 Å². The largest absolute Gasteiger partial charge is 0.379 e. The Kier molecular flexibility index (Phi) is 6.10. The van der Waals surface area contributed by atoms with Crippen molar-refractivity contribution in [2.24, 2.45) is 5.92 Å². The number of aromatic nitrogens is 2. The predicted molar refractivity (Wildman–Crippen MR) is 99.7 cm³/mol. The first kappa shape index (κ1) is 20.7. The first-order valence-corrected chi connectivity index (χ1v) is 9.02. The average Bonchev–Trinajstić information content (AvgIpc) is 3.17. The summed E-state index contributed by atoms with van der Waals surface area (Å²) < 4.78 is 31.2. The van der Waals surface area contributed by atoms with Crippen LogP contribution in [0.5, 0.6) is 0 Å².